The van der Waals surface area contributed by atoms with Crippen molar-refractivity contribution in [3.05, 3.63) is 34.9 Å². The summed E-state index contributed by atoms with van der Waals surface area (Å²) >= 11 is 0. The van der Waals surface area contributed by atoms with Gasteiger partial charge >= 0.3 is 0 Å². The highest BCUT2D eigenvalue weighted by Gasteiger charge is 2.31. The van der Waals surface area contributed by atoms with Crippen molar-refractivity contribution in [1.82, 2.24) is 0 Å². The first kappa shape index (κ1) is 8.49. The van der Waals surface area contributed by atoms with Gasteiger partial charge in [0.1, 0.15) is 5.78 Å². The zero-order valence-corrected chi connectivity index (χ0v) is 8.13. The van der Waals surface area contributed by atoms with Crippen LogP contribution in [0.25, 0.3) is 0 Å². The molecule has 0 aliphatic heterocycles. The third-order valence-corrected chi connectivity index (χ3v) is 2.96. The predicted octanol–water partition coefficient (Wildman–Crippen LogP) is 2.75. The number of Topliss-reactive ketones (excluding diaryl/α,β-unsaturated/α-hetero) is 1. The molecular formula is C12H14O. The molecule has 0 saturated heterocycles. The minimum absolute atomic E-state index is 0.209. The van der Waals surface area contributed by atoms with E-state index in [1.165, 1.54) is 16.7 Å². The van der Waals surface area contributed by atoms with Gasteiger partial charge in [0.25, 0.3) is 0 Å². The number of benzene rings is 1. The van der Waals surface area contributed by atoms with Gasteiger partial charge in [0, 0.05) is 12.3 Å². The number of carbonyl (C=O) groups is 1. The minimum atomic E-state index is 0.209. The van der Waals surface area contributed by atoms with Crippen molar-refractivity contribution in [3.8, 4) is 0 Å². The molecule has 1 nitrogen and oxygen atoms in total. The van der Waals surface area contributed by atoms with Crippen LogP contribution in [0.3, 0.4) is 0 Å². The summed E-state index contributed by atoms with van der Waals surface area (Å²) in [5.74, 6) is 0.624. The van der Waals surface area contributed by atoms with Crippen molar-refractivity contribution < 1.29 is 4.79 Å². The third kappa shape index (κ3) is 1.28. The fourth-order valence-electron chi connectivity index (χ4n) is 2.09. The molecule has 1 aromatic carbocycles. The van der Waals surface area contributed by atoms with E-state index in [0.717, 1.165) is 12.8 Å². The average molecular weight is 174 g/mol. The SMILES string of the molecule is Cc1cccc(C)c1C1CCC1=O. The molecule has 1 unspecified atom stereocenters. The molecule has 1 aromatic rings. The molecule has 1 aliphatic rings. The van der Waals surface area contributed by atoms with Gasteiger partial charge in [-0.15, -0.1) is 0 Å². The summed E-state index contributed by atoms with van der Waals surface area (Å²) in [7, 11) is 0. The fraction of sp³-hybridized carbons (Fsp3) is 0.417. The van der Waals surface area contributed by atoms with Crippen LogP contribution < -0.4 is 0 Å². The smallest absolute Gasteiger partial charge is 0.140 e. The molecule has 0 bridgehead atoms. The molecule has 1 fully saturated rings. The highest BCUT2D eigenvalue weighted by Crippen LogP contribution is 2.36. The molecule has 0 spiro atoms. The second-order valence-electron chi connectivity index (χ2n) is 3.86. The van der Waals surface area contributed by atoms with Crippen LogP contribution in [-0.4, -0.2) is 5.78 Å². The number of aryl methyl sites for hydroxylation is 2. The average Bonchev–Trinajstić information content (AvgIpc) is 2.09. The van der Waals surface area contributed by atoms with Crippen LogP contribution in [0.5, 0.6) is 0 Å². The molecule has 0 aromatic heterocycles. The summed E-state index contributed by atoms with van der Waals surface area (Å²) in [6.07, 6.45) is 1.82. The van der Waals surface area contributed by atoms with Crippen LogP contribution in [0.4, 0.5) is 0 Å². The van der Waals surface area contributed by atoms with Gasteiger partial charge in [-0.1, -0.05) is 18.2 Å². The molecule has 13 heavy (non-hydrogen) atoms. The van der Waals surface area contributed by atoms with Crippen molar-refractivity contribution in [2.24, 2.45) is 0 Å². The Hall–Kier alpha value is -1.11. The van der Waals surface area contributed by atoms with Gasteiger partial charge < -0.3 is 0 Å². The van der Waals surface area contributed by atoms with Crippen LogP contribution in [0.15, 0.2) is 18.2 Å². The maximum atomic E-state index is 11.3. The van der Waals surface area contributed by atoms with E-state index in [1.54, 1.807) is 0 Å². The van der Waals surface area contributed by atoms with Gasteiger partial charge in [0.15, 0.2) is 0 Å². The lowest BCUT2D eigenvalue weighted by atomic mass is 9.75. The van der Waals surface area contributed by atoms with Crippen LogP contribution in [0, 0.1) is 13.8 Å². The van der Waals surface area contributed by atoms with E-state index < -0.39 is 0 Å². The van der Waals surface area contributed by atoms with Crippen molar-refractivity contribution >= 4 is 5.78 Å². The van der Waals surface area contributed by atoms with E-state index in [2.05, 4.69) is 32.0 Å². The molecule has 2 rings (SSSR count). The monoisotopic (exact) mass is 174 g/mol. The molecule has 68 valence electrons. The lowest BCUT2D eigenvalue weighted by Crippen LogP contribution is -2.24. The standard InChI is InChI=1S/C12H14O/c1-8-4-3-5-9(2)12(8)10-6-7-11(10)13/h3-5,10H,6-7H2,1-2H3. The highest BCUT2D eigenvalue weighted by atomic mass is 16.1. The second-order valence-corrected chi connectivity index (χ2v) is 3.86. The highest BCUT2D eigenvalue weighted by molar-refractivity contribution is 5.91. The van der Waals surface area contributed by atoms with Crippen LogP contribution in [0.2, 0.25) is 0 Å². The lowest BCUT2D eigenvalue weighted by Gasteiger charge is -2.27. The molecule has 1 saturated carbocycles. The Balaban J connectivity index is 2.44. The summed E-state index contributed by atoms with van der Waals surface area (Å²) < 4.78 is 0. The summed E-state index contributed by atoms with van der Waals surface area (Å²) in [5, 5.41) is 0. The Labute approximate surface area is 78.8 Å². The minimum Gasteiger partial charge on any atom is -0.299 e. The maximum absolute atomic E-state index is 11.3. The summed E-state index contributed by atoms with van der Waals surface area (Å²) in [6.45, 7) is 4.18. The normalized spacial score (nSPS) is 21.4. The molecule has 1 aliphatic carbocycles. The second kappa shape index (κ2) is 2.99. The first-order valence-corrected chi connectivity index (χ1v) is 4.79. The van der Waals surface area contributed by atoms with Gasteiger partial charge in [0.2, 0.25) is 0 Å². The van der Waals surface area contributed by atoms with Gasteiger partial charge in [0.05, 0.1) is 0 Å². The molecule has 0 amide bonds. The van der Waals surface area contributed by atoms with E-state index in [-0.39, 0.29) is 5.92 Å². The summed E-state index contributed by atoms with van der Waals surface area (Å²) in [6, 6.07) is 6.24. The predicted molar refractivity (Wildman–Crippen MR) is 52.9 cm³/mol. The number of rotatable bonds is 1. The van der Waals surface area contributed by atoms with Gasteiger partial charge in [-0.05, 0) is 37.0 Å². The van der Waals surface area contributed by atoms with E-state index >= 15 is 0 Å². The Bertz CT molecular complexity index is 332. The maximum Gasteiger partial charge on any atom is 0.140 e. The molecular weight excluding hydrogens is 160 g/mol. The van der Waals surface area contributed by atoms with Crippen LogP contribution in [-0.2, 0) is 4.79 Å². The first-order valence-electron chi connectivity index (χ1n) is 4.79. The third-order valence-electron chi connectivity index (χ3n) is 2.96. The number of hydrogen-bond donors (Lipinski definition) is 0. The molecule has 1 heteroatoms. The topological polar surface area (TPSA) is 17.1 Å². The van der Waals surface area contributed by atoms with E-state index in [0.29, 0.717) is 5.78 Å². The largest absolute Gasteiger partial charge is 0.299 e. The summed E-state index contributed by atoms with van der Waals surface area (Å²) in [5.41, 5.74) is 3.80. The molecule has 0 heterocycles. The Kier molecular flexibility index (Phi) is 1.95. The molecule has 0 N–H and O–H groups in total. The Morgan fingerprint density at radius 2 is 1.85 bits per heavy atom. The van der Waals surface area contributed by atoms with E-state index in [9.17, 15) is 4.79 Å². The fourth-order valence-corrected chi connectivity index (χ4v) is 2.09. The molecule has 1 atom stereocenters. The number of ketones is 1. The Morgan fingerprint density at radius 3 is 2.23 bits per heavy atom. The number of hydrogen-bond acceptors (Lipinski definition) is 1. The number of carbonyl (C=O) groups excluding carboxylic acids is 1. The van der Waals surface area contributed by atoms with Crippen molar-refractivity contribution in [3.63, 3.8) is 0 Å². The van der Waals surface area contributed by atoms with Gasteiger partial charge in [-0.25, -0.2) is 0 Å². The van der Waals surface area contributed by atoms with E-state index in [1.807, 2.05) is 0 Å². The van der Waals surface area contributed by atoms with Crippen molar-refractivity contribution in [2.45, 2.75) is 32.6 Å². The van der Waals surface area contributed by atoms with Crippen LogP contribution >= 0.6 is 0 Å². The zero-order chi connectivity index (χ0) is 9.42. The van der Waals surface area contributed by atoms with Crippen molar-refractivity contribution in [1.29, 1.82) is 0 Å². The van der Waals surface area contributed by atoms with E-state index in [4.69, 9.17) is 0 Å². The van der Waals surface area contributed by atoms with Gasteiger partial charge in [-0.2, -0.15) is 0 Å². The van der Waals surface area contributed by atoms with Crippen molar-refractivity contribution in [2.75, 3.05) is 0 Å². The quantitative estimate of drug-likeness (QED) is 0.639. The Morgan fingerprint density at radius 1 is 1.23 bits per heavy atom. The van der Waals surface area contributed by atoms with Crippen LogP contribution in [0.1, 0.15) is 35.4 Å². The summed E-state index contributed by atoms with van der Waals surface area (Å²) in [4.78, 5) is 11.3. The molecule has 0 radical (unpaired) electrons. The first-order chi connectivity index (χ1) is 6.20. The lowest BCUT2D eigenvalue weighted by molar-refractivity contribution is -0.125. The van der Waals surface area contributed by atoms with Gasteiger partial charge in [-0.3, -0.25) is 4.79 Å². The zero-order valence-electron chi connectivity index (χ0n) is 8.13.